The van der Waals surface area contributed by atoms with Gasteiger partial charge in [-0.2, -0.15) is 26.3 Å². The molecule has 0 saturated heterocycles. The van der Waals surface area contributed by atoms with Crippen molar-refractivity contribution in [1.82, 2.24) is 0 Å². The van der Waals surface area contributed by atoms with Crippen molar-refractivity contribution in [2.45, 2.75) is 12.4 Å². The summed E-state index contributed by atoms with van der Waals surface area (Å²) in [5.74, 6) is -2.39. The first kappa shape index (κ1) is 21.2. The maximum atomic E-state index is 13.7. The minimum Gasteiger partial charge on any atom is -0.457 e. The maximum absolute atomic E-state index is 13.7. The Morgan fingerprint density at radius 1 is 0.567 bits per heavy atom. The third-order valence-corrected chi connectivity index (χ3v) is 3.87. The van der Waals surface area contributed by atoms with E-state index < -0.39 is 35.0 Å². The second-order valence-corrected chi connectivity index (χ2v) is 6.16. The Morgan fingerprint density at radius 3 is 1.23 bits per heavy atom. The van der Waals surface area contributed by atoms with Crippen LogP contribution in [0.25, 0.3) is 0 Å². The molecule has 3 rings (SSSR count). The zero-order chi connectivity index (χ0) is 22.1. The van der Waals surface area contributed by atoms with E-state index in [0.717, 1.165) is 12.1 Å². The van der Waals surface area contributed by atoms with Gasteiger partial charge in [0.15, 0.2) is 0 Å². The van der Waals surface area contributed by atoms with Crippen LogP contribution in [0, 0.1) is 0 Å². The van der Waals surface area contributed by atoms with Crippen LogP contribution >= 0.6 is 0 Å². The number of ether oxygens (including phenoxy) is 2. The number of rotatable bonds is 4. The zero-order valence-electron chi connectivity index (χ0n) is 15.0. The molecule has 0 aliphatic rings. The van der Waals surface area contributed by atoms with Gasteiger partial charge in [-0.05, 0) is 36.4 Å². The van der Waals surface area contributed by atoms with Gasteiger partial charge in [-0.25, -0.2) is 0 Å². The minimum atomic E-state index is -5.39. The highest BCUT2D eigenvalue weighted by atomic mass is 19.4. The summed E-state index contributed by atoms with van der Waals surface area (Å²) in [6.45, 7) is 0. The van der Waals surface area contributed by atoms with E-state index in [1.54, 1.807) is 0 Å². The topological polar surface area (TPSA) is 70.5 Å². The smallest absolute Gasteiger partial charge is 0.420 e. The summed E-state index contributed by atoms with van der Waals surface area (Å²) in [7, 11) is 0. The third kappa shape index (κ3) is 4.70. The number of benzene rings is 3. The standard InChI is InChI=1S/C20H14F6N2O2/c21-19(22,23)17-15(29-13-5-1-3-11(27)9-13)7-8-16(18(17)20(24,25)26)30-14-6-2-4-12(28)10-14/h1-10H,27-28H2. The Kier molecular flexibility index (Phi) is 5.43. The molecule has 0 bridgehead atoms. The van der Waals surface area contributed by atoms with Crippen molar-refractivity contribution in [1.29, 1.82) is 0 Å². The lowest BCUT2D eigenvalue weighted by Gasteiger charge is -2.22. The largest absolute Gasteiger partial charge is 0.457 e. The van der Waals surface area contributed by atoms with Gasteiger partial charge in [0, 0.05) is 23.5 Å². The second-order valence-electron chi connectivity index (χ2n) is 6.16. The Morgan fingerprint density at radius 2 is 0.933 bits per heavy atom. The summed E-state index contributed by atoms with van der Waals surface area (Å²) in [6.07, 6.45) is -10.8. The molecule has 0 fully saturated rings. The highest BCUT2D eigenvalue weighted by Gasteiger charge is 2.48. The predicted octanol–water partition coefficient (Wildman–Crippen LogP) is 6.47. The highest BCUT2D eigenvalue weighted by Crippen LogP contribution is 2.50. The van der Waals surface area contributed by atoms with Crippen molar-refractivity contribution in [2.24, 2.45) is 0 Å². The molecule has 0 radical (unpaired) electrons. The van der Waals surface area contributed by atoms with Crippen LogP contribution in [0.15, 0.2) is 60.7 Å². The van der Waals surface area contributed by atoms with Crippen LogP contribution in [-0.4, -0.2) is 0 Å². The third-order valence-electron chi connectivity index (χ3n) is 3.87. The average molecular weight is 428 g/mol. The molecule has 0 saturated carbocycles. The first-order valence-corrected chi connectivity index (χ1v) is 8.33. The van der Waals surface area contributed by atoms with E-state index in [1.807, 2.05) is 0 Å². The molecule has 10 heteroatoms. The summed E-state index contributed by atoms with van der Waals surface area (Å²) in [5.41, 5.74) is 7.39. The molecule has 4 N–H and O–H groups in total. The molecule has 0 aliphatic heterocycles. The van der Waals surface area contributed by atoms with Crippen molar-refractivity contribution < 1.29 is 35.8 Å². The number of hydrogen-bond donors (Lipinski definition) is 2. The summed E-state index contributed by atoms with van der Waals surface area (Å²) in [5, 5.41) is 0. The Labute approximate surface area is 166 Å². The van der Waals surface area contributed by atoms with E-state index in [2.05, 4.69) is 0 Å². The van der Waals surface area contributed by atoms with Crippen molar-refractivity contribution in [3.63, 3.8) is 0 Å². The van der Waals surface area contributed by atoms with Crippen molar-refractivity contribution in [3.05, 3.63) is 71.8 Å². The van der Waals surface area contributed by atoms with Crippen molar-refractivity contribution in [3.8, 4) is 23.0 Å². The fourth-order valence-electron chi connectivity index (χ4n) is 2.71. The molecule has 4 nitrogen and oxygen atoms in total. The lowest BCUT2D eigenvalue weighted by atomic mass is 10.0. The minimum absolute atomic E-state index is 0.155. The lowest BCUT2D eigenvalue weighted by molar-refractivity contribution is -0.163. The Hall–Kier alpha value is -3.56. The molecule has 158 valence electrons. The first-order chi connectivity index (χ1) is 13.9. The number of nitrogens with two attached hydrogens (primary N) is 2. The van der Waals surface area contributed by atoms with Crippen LogP contribution < -0.4 is 20.9 Å². The van der Waals surface area contributed by atoms with Crippen molar-refractivity contribution >= 4 is 11.4 Å². The van der Waals surface area contributed by atoms with Crippen LogP contribution in [0.1, 0.15) is 11.1 Å². The van der Waals surface area contributed by atoms with Gasteiger partial charge in [0.05, 0.1) is 0 Å². The molecule has 0 aromatic heterocycles. The molecular formula is C20H14F6N2O2. The van der Waals surface area contributed by atoms with E-state index in [1.165, 1.54) is 48.5 Å². The quantitative estimate of drug-likeness (QED) is 0.369. The van der Waals surface area contributed by atoms with Crippen LogP contribution in [0.4, 0.5) is 37.7 Å². The van der Waals surface area contributed by atoms with Crippen LogP contribution in [0.5, 0.6) is 23.0 Å². The predicted molar refractivity (Wildman–Crippen MR) is 98.3 cm³/mol. The first-order valence-electron chi connectivity index (χ1n) is 8.33. The fraction of sp³-hybridized carbons (Fsp3) is 0.100. The molecule has 0 unspecified atom stereocenters. The summed E-state index contributed by atoms with van der Waals surface area (Å²) in [6, 6.07) is 12.1. The van der Waals surface area contributed by atoms with E-state index >= 15 is 0 Å². The molecule has 3 aromatic carbocycles. The molecule has 3 aromatic rings. The van der Waals surface area contributed by atoms with Gasteiger partial charge in [0.2, 0.25) is 0 Å². The van der Waals surface area contributed by atoms with Gasteiger partial charge in [-0.15, -0.1) is 0 Å². The van der Waals surface area contributed by atoms with Gasteiger partial charge in [-0.1, -0.05) is 12.1 Å². The average Bonchev–Trinajstić information content (AvgIpc) is 2.61. The number of halogens is 6. The van der Waals surface area contributed by atoms with Gasteiger partial charge < -0.3 is 20.9 Å². The number of nitrogen functional groups attached to an aromatic ring is 2. The van der Waals surface area contributed by atoms with E-state index in [9.17, 15) is 26.3 Å². The van der Waals surface area contributed by atoms with Gasteiger partial charge in [0.1, 0.15) is 34.1 Å². The zero-order valence-corrected chi connectivity index (χ0v) is 15.0. The molecular weight excluding hydrogens is 414 g/mol. The number of alkyl halides is 6. The fourth-order valence-corrected chi connectivity index (χ4v) is 2.71. The second kappa shape index (κ2) is 7.69. The summed E-state index contributed by atoms with van der Waals surface area (Å²) < 4.78 is 92.5. The molecule has 0 atom stereocenters. The van der Waals surface area contributed by atoms with Crippen LogP contribution in [0.2, 0.25) is 0 Å². The normalized spacial score (nSPS) is 11.9. The van der Waals surface area contributed by atoms with E-state index in [-0.39, 0.29) is 22.9 Å². The number of hydrogen-bond acceptors (Lipinski definition) is 4. The van der Waals surface area contributed by atoms with Crippen LogP contribution in [-0.2, 0) is 12.4 Å². The van der Waals surface area contributed by atoms with E-state index in [0.29, 0.717) is 0 Å². The molecule has 0 aliphatic carbocycles. The SMILES string of the molecule is Nc1cccc(Oc2ccc(Oc3cccc(N)c3)c(C(F)(F)F)c2C(F)(F)F)c1. The van der Waals surface area contributed by atoms with Gasteiger partial charge in [-0.3, -0.25) is 0 Å². The molecule has 0 heterocycles. The molecule has 30 heavy (non-hydrogen) atoms. The summed E-state index contributed by atoms with van der Waals surface area (Å²) in [4.78, 5) is 0. The summed E-state index contributed by atoms with van der Waals surface area (Å²) >= 11 is 0. The van der Waals surface area contributed by atoms with Gasteiger partial charge >= 0.3 is 12.4 Å². The molecule has 0 spiro atoms. The number of anilines is 2. The van der Waals surface area contributed by atoms with Gasteiger partial charge in [0.25, 0.3) is 0 Å². The maximum Gasteiger partial charge on any atom is 0.420 e. The highest BCUT2D eigenvalue weighted by molar-refractivity contribution is 5.55. The monoisotopic (exact) mass is 428 g/mol. The van der Waals surface area contributed by atoms with Crippen LogP contribution in [0.3, 0.4) is 0 Å². The van der Waals surface area contributed by atoms with Crippen molar-refractivity contribution in [2.75, 3.05) is 11.5 Å². The Bertz CT molecular complexity index is 979. The van der Waals surface area contributed by atoms with E-state index in [4.69, 9.17) is 20.9 Å². The molecule has 0 amide bonds. The lowest BCUT2D eigenvalue weighted by Crippen LogP contribution is -2.19. The Balaban J connectivity index is 2.18.